The van der Waals surface area contributed by atoms with Gasteiger partial charge in [-0.25, -0.2) is 0 Å². The molecule has 1 aromatic rings. The average Bonchev–Trinajstić information content (AvgIpc) is 2.25. The van der Waals surface area contributed by atoms with Crippen LogP contribution in [0.2, 0.25) is 0 Å². The van der Waals surface area contributed by atoms with Gasteiger partial charge in [-0.3, -0.25) is 0 Å². The molecule has 0 spiro atoms. The first-order chi connectivity index (χ1) is 6.93. The van der Waals surface area contributed by atoms with Crippen molar-refractivity contribution in [1.82, 2.24) is 0 Å². The minimum absolute atomic E-state index is 0.787. The van der Waals surface area contributed by atoms with Gasteiger partial charge in [-0.1, -0.05) is 18.2 Å². The van der Waals surface area contributed by atoms with Crippen molar-refractivity contribution in [3.05, 3.63) is 30.3 Å². The smallest absolute Gasteiger partial charge is 0.119 e. The van der Waals surface area contributed by atoms with Gasteiger partial charge in [0.1, 0.15) is 5.75 Å². The Morgan fingerprint density at radius 1 is 1.14 bits per heavy atom. The molecule has 74 valence electrons. The molecule has 0 aliphatic carbocycles. The second-order valence-corrected chi connectivity index (χ2v) is 3.05. The first-order valence-corrected chi connectivity index (χ1v) is 5.01. The van der Waals surface area contributed by atoms with Crippen LogP contribution in [0.25, 0.3) is 0 Å². The summed E-state index contributed by atoms with van der Waals surface area (Å²) in [5.74, 6) is 6.88. The summed E-state index contributed by atoms with van der Waals surface area (Å²) in [5.41, 5.74) is 0. The standard InChI is InChI=1S/C13H16O/c1-2-3-4-5-9-12-14-13-10-7-6-8-11-13/h6-8,10-11H,4-5,9,12H2,1H3. The van der Waals surface area contributed by atoms with Crippen molar-refractivity contribution in [2.24, 2.45) is 0 Å². The predicted octanol–water partition coefficient (Wildman–Crippen LogP) is 3.26. The highest BCUT2D eigenvalue weighted by atomic mass is 16.5. The number of unbranched alkanes of at least 4 members (excludes halogenated alkanes) is 2. The van der Waals surface area contributed by atoms with Crippen molar-refractivity contribution in [2.45, 2.75) is 26.2 Å². The average molecular weight is 188 g/mol. The van der Waals surface area contributed by atoms with Crippen molar-refractivity contribution in [1.29, 1.82) is 0 Å². The second kappa shape index (κ2) is 7.03. The Hall–Kier alpha value is -1.42. The molecule has 1 aromatic carbocycles. The lowest BCUT2D eigenvalue weighted by Crippen LogP contribution is -1.96. The monoisotopic (exact) mass is 188 g/mol. The van der Waals surface area contributed by atoms with Crippen LogP contribution in [0.5, 0.6) is 5.75 Å². The molecule has 1 heteroatoms. The van der Waals surface area contributed by atoms with Gasteiger partial charge in [0.2, 0.25) is 0 Å². The van der Waals surface area contributed by atoms with Crippen LogP contribution in [-0.2, 0) is 0 Å². The normalized spacial score (nSPS) is 8.93. The van der Waals surface area contributed by atoms with E-state index >= 15 is 0 Å². The fourth-order valence-electron chi connectivity index (χ4n) is 1.15. The van der Waals surface area contributed by atoms with Crippen molar-refractivity contribution < 1.29 is 4.74 Å². The summed E-state index contributed by atoms with van der Waals surface area (Å²) in [4.78, 5) is 0. The molecule has 1 nitrogen and oxygen atoms in total. The highest BCUT2D eigenvalue weighted by Gasteiger charge is 1.90. The van der Waals surface area contributed by atoms with Crippen LogP contribution in [0.3, 0.4) is 0 Å². The lowest BCUT2D eigenvalue weighted by atomic mass is 10.2. The summed E-state index contributed by atoms with van der Waals surface area (Å²) in [7, 11) is 0. The largest absolute Gasteiger partial charge is 0.494 e. The van der Waals surface area contributed by atoms with Crippen LogP contribution in [0, 0.1) is 11.8 Å². The zero-order valence-electron chi connectivity index (χ0n) is 8.62. The van der Waals surface area contributed by atoms with Crippen LogP contribution in [0.4, 0.5) is 0 Å². The fraction of sp³-hybridized carbons (Fsp3) is 0.385. The van der Waals surface area contributed by atoms with Gasteiger partial charge >= 0.3 is 0 Å². The molecule has 0 atom stereocenters. The molecule has 0 radical (unpaired) electrons. The van der Waals surface area contributed by atoms with E-state index in [1.165, 1.54) is 0 Å². The molecule has 0 saturated carbocycles. The molecule has 0 amide bonds. The summed E-state index contributed by atoms with van der Waals surface area (Å²) in [5, 5.41) is 0. The van der Waals surface area contributed by atoms with Gasteiger partial charge in [-0.15, -0.1) is 11.8 Å². The van der Waals surface area contributed by atoms with E-state index < -0.39 is 0 Å². The molecular weight excluding hydrogens is 172 g/mol. The van der Waals surface area contributed by atoms with Crippen molar-refractivity contribution in [2.75, 3.05) is 6.61 Å². The lowest BCUT2D eigenvalue weighted by Gasteiger charge is -2.03. The molecule has 1 rings (SSSR count). The lowest BCUT2D eigenvalue weighted by molar-refractivity contribution is 0.307. The Balaban J connectivity index is 2.06. The van der Waals surface area contributed by atoms with Crippen molar-refractivity contribution in [3.8, 4) is 17.6 Å². The van der Waals surface area contributed by atoms with Crippen LogP contribution in [0.15, 0.2) is 30.3 Å². The molecule has 0 unspecified atom stereocenters. The van der Waals surface area contributed by atoms with Gasteiger partial charge in [0.25, 0.3) is 0 Å². The SMILES string of the molecule is CC#CCCCCOc1ccccc1. The van der Waals surface area contributed by atoms with E-state index in [9.17, 15) is 0 Å². The predicted molar refractivity (Wildman–Crippen MR) is 59.2 cm³/mol. The molecule has 0 heterocycles. The highest BCUT2D eigenvalue weighted by Crippen LogP contribution is 2.08. The molecule has 0 N–H and O–H groups in total. The summed E-state index contributed by atoms with van der Waals surface area (Å²) in [6.45, 7) is 2.66. The Morgan fingerprint density at radius 2 is 1.93 bits per heavy atom. The molecule has 0 aliphatic rings. The molecule has 0 bridgehead atoms. The van der Waals surface area contributed by atoms with Crippen LogP contribution in [-0.4, -0.2) is 6.61 Å². The Morgan fingerprint density at radius 3 is 2.64 bits per heavy atom. The molecular formula is C13H16O. The van der Waals surface area contributed by atoms with Crippen LogP contribution in [0.1, 0.15) is 26.2 Å². The topological polar surface area (TPSA) is 9.23 Å². The van der Waals surface area contributed by atoms with Crippen molar-refractivity contribution in [3.63, 3.8) is 0 Å². The minimum atomic E-state index is 0.787. The number of ether oxygens (including phenoxy) is 1. The molecule has 0 fully saturated rings. The van der Waals surface area contributed by atoms with Gasteiger partial charge in [-0.05, 0) is 31.9 Å². The molecule has 0 saturated heterocycles. The summed E-state index contributed by atoms with van der Waals surface area (Å²) in [6.07, 6.45) is 3.17. The Bertz CT molecular complexity index is 292. The van der Waals surface area contributed by atoms with Gasteiger partial charge in [0.05, 0.1) is 6.61 Å². The number of para-hydroxylation sites is 1. The van der Waals surface area contributed by atoms with Crippen LogP contribution >= 0.6 is 0 Å². The van der Waals surface area contributed by atoms with Gasteiger partial charge in [-0.2, -0.15) is 0 Å². The van der Waals surface area contributed by atoms with E-state index in [0.29, 0.717) is 0 Å². The third-order valence-electron chi connectivity index (χ3n) is 1.88. The van der Waals surface area contributed by atoms with Crippen molar-refractivity contribution >= 4 is 0 Å². The summed E-state index contributed by atoms with van der Waals surface area (Å²) < 4.78 is 5.54. The molecule has 14 heavy (non-hydrogen) atoms. The fourth-order valence-corrected chi connectivity index (χ4v) is 1.15. The van der Waals surface area contributed by atoms with E-state index in [1.807, 2.05) is 37.3 Å². The van der Waals surface area contributed by atoms with Gasteiger partial charge < -0.3 is 4.74 Å². The number of hydrogen-bond donors (Lipinski definition) is 0. The van der Waals surface area contributed by atoms with E-state index in [4.69, 9.17) is 4.74 Å². The zero-order chi connectivity index (χ0) is 10.1. The highest BCUT2D eigenvalue weighted by molar-refractivity contribution is 5.20. The number of benzene rings is 1. The van der Waals surface area contributed by atoms with E-state index in [-0.39, 0.29) is 0 Å². The third kappa shape index (κ3) is 4.57. The molecule has 0 aromatic heterocycles. The maximum absolute atomic E-state index is 5.54. The maximum atomic E-state index is 5.54. The first-order valence-electron chi connectivity index (χ1n) is 5.01. The summed E-state index contributed by atoms with van der Waals surface area (Å²) >= 11 is 0. The summed E-state index contributed by atoms with van der Waals surface area (Å²) in [6, 6.07) is 9.91. The first kappa shape index (κ1) is 10.7. The Kier molecular flexibility index (Phi) is 5.35. The van der Waals surface area contributed by atoms with Crippen LogP contribution < -0.4 is 4.74 Å². The van der Waals surface area contributed by atoms with E-state index in [0.717, 1.165) is 31.6 Å². The number of rotatable bonds is 5. The number of hydrogen-bond acceptors (Lipinski definition) is 1. The second-order valence-electron chi connectivity index (χ2n) is 3.05. The third-order valence-corrected chi connectivity index (χ3v) is 1.88. The Labute approximate surface area is 86.1 Å². The zero-order valence-corrected chi connectivity index (χ0v) is 8.62. The van der Waals surface area contributed by atoms with E-state index in [1.54, 1.807) is 0 Å². The quantitative estimate of drug-likeness (QED) is 0.509. The molecule has 0 aliphatic heterocycles. The van der Waals surface area contributed by atoms with E-state index in [2.05, 4.69) is 11.8 Å². The van der Waals surface area contributed by atoms with Gasteiger partial charge in [0.15, 0.2) is 0 Å². The maximum Gasteiger partial charge on any atom is 0.119 e. The van der Waals surface area contributed by atoms with Gasteiger partial charge in [0, 0.05) is 6.42 Å². The minimum Gasteiger partial charge on any atom is -0.494 e.